The first-order valence-corrected chi connectivity index (χ1v) is 6.59. The van der Waals surface area contributed by atoms with E-state index < -0.39 is 29.1 Å². The largest absolute Gasteiger partial charge is 0.419 e. The van der Waals surface area contributed by atoms with Gasteiger partial charge in [-0.3, -0.25) is 4.79 Å². The summed E-state index contributed by atoms with van der Waals surface area (Å²) < 4.78 is 50.8. The maximum Gasteiger partial charge on any atom is 0.419 e. The van der Waals surface area contributed by atoms with Crippen LogP contribution in [0.25, 0.3) is 0 Å². The Morgan fingerprint density at radius 1 is 1.29 bits per heavy atom. The van der Waals surface area contributed by atoms with E-state index in [1.807, 2.05) is 0 Å². The molecule has 0 aliphatic heterocycles. The van der Waals surface area contributed by atoms with Gasteiger partial charge in [0, 0.05) is 12.1 Å². The minimum Gasteiger partial charge on any atom is -0.388 e. The molecule has 7 heteroatoms. The van der Waals surface area contributed by atoms with Gasteiger partial charge < -0.3 is 10.4 Å². The summed E-state index contributed by atoms with van der Waals surface area (Å²) >= 11 is 0. The number of hydrogen-bond donors (Lipinski definition) is 2. The van der Waals surface area contributed by atoms with E-state index in [1.54, 1.807) is 0 Å². The van der Waals surface area contributed by atoms with Crippen LogP contribution in [0.15, 0.2) is 18.2 Å². The van der Waals surface area contributed by atoms with Crippen molar-refractivity contribution in [1.82, 2.24) is 5.32 Å². The zero-order chi connectivity index (χ0) is 15.7. The van der Waals surface area contributed by atoms with Crippen molar-refractivity contribution < 1.29 is 27.5 Å². The van der Waals surface area contributed by atoms with Crippen LogP contribution in [0.1, 0.15) is 41.6 Å². The molecule has 0 aromatic heterocycles. The molecule has 116 valence electrons. The van der Waals surface area contributed by atoms with Crippen LogP contribution >= 0.6 is 0 Å². The van der Waals surface area contributed by atoms with Crippen molar-refractivity contribution in [3.05, 3.63) is 35.1 Å². The predicted octanol–water partition coefficient (Wildman–Crippen LogP) is 2.88. The lowest BCUT2D eigenvalue weighted by atomic mass is 10.0. The predicted molar refractivity (Wildman–Crippen MR) is 67.2 cm³/mol. The molecule has 1 saturated carbocycles. The highest BCUT2D eigenvalue weighted by atomic mass is 19.4. The summed E-state index contributed by atoms with van der Waals surface area (Å²) in [6.45, 7) is -0.0233. The van der Waals surface area contributed by atoms with E-state index in [2.05, 4.69) is 5.32 Å². The highest BCUT2D eigenvalue weighted by molar-refractivity contribution is 5.94. The van der Waals surface area contributed by atoms with Crippen molar-refractivity contribution in [2.75, 3.05) is 6.54 Å². The number of halogens is 4. The fraction of sp³-hybridized carbons (Fsp3) is 0.500. The van der Waals surface area contributed by atoms with Gasteiger partial charge in [0.25, 0.3) is 5.91 Å². The Bertz CT molecular complexity index is 536. The fourth-order valence-electron chi connectivity index (χ4n) is 2.44. The normalized spacial score (nSPS) is 17.8. The number of hydrogen-bond acceptors (Lipinski definition) is 2. The Kier molecular flexibility index (Phi) is 4.22. The number of benzene rings is 1. The van der Waals surface area contributed by atoms with E-state index in [-0.39, 0.29) is 12.1 Å². The molecule has 3 nitrogen and oxygen atoms in total. The van der Waals surface area contributed by atoms with Gasteiger partial charge in [0.2, 0.25) is 0 Å². The monoisotopic (exact) mass is 305 g/mol. The molecule has 1 fully saturated rings. The molecule has 0 spiro atoms. The highest BCUT2D eigenvalue weighted by Crippen LogP contribution is 2.32. The third-order valence-corrected chi connectivity index (χ3v) is 3.65. The van der Waals surface area contributed by atoms with Crippen LogP contribution in [-0.4, -0.2) is 23.2 Å². The molecule has 21 heavy (non-hydrogen) atoms. The summed E-state index contributed by atoms with van der Waals surface area (Å²) in [5.74, 6) is -2.19. The summed E-state index contributed by atoms with van der Waals surface area (Å²) in [6.07, 6.45) is -2.07. The molecule has 1 aromatic rings. The third kappa shape index (κ3) is 3.72. The van der Waals surface area contributed by atoms with E-state index >= 15 is 0 Å². The number of carbonyl (C=O) groups is 1. The van der Waals surface area contributed by atoms with Gasteiger partial charge in [0.05, 0.1) is 11.2 Å². The summed E-state index contributed by atoms with van der Waals surface area (Å²) in [7, 11) is 0. The molecule has 1 aliphatic rings. The van der Waals surface area contributed by atoms with Crippen molar-refractivity contribution >= 4 is 5.91 Å². The second-order valence-corrected chi connectivity index (χ2v) is 5.31. The maximum atomic E-state index is 13.1. The summed E-state index contributed by atoms with van der Waals surface area (Å²) in [5, 5.41) is 12.5. The summed E-state index contributed by atoms with van der Waals surface area (Å²) in [5.41, 5.74) is -2.76. The Morgan fingerprint density at radius 3 is 2.48 bits per heavy atom. The standard InChI is InChI=1S/C14H15F4NO2/c15-11-4-3-9(7-10(11)14(16,17)18)12(20)19-8-13(21)5-1-2-6-13/h3-4,7,21H,1-2,5-6,8H2,(H,19,20). The molecule has 2 rings (SSSR count). The molecule has 0 unspecified atom stereocenters. The Hall–Kier alpha value is -1.63. The van der Waals surface area contributed by atoms with Crippen molar-refractivity contribution in [3.8, 4) is 0 Å². The maximum absolute atomic E-state index is 13.1. The molecule has 0 radical (unpaired) electrons. The zero-order valence-corrected chi connectivity index (χ0v) is 11.1. The van der Waals surface area contributed by atoms with Crippen LogP contribution in [0, 0.1) is 5.82 Å². The van der Waals surface area contributed by atoms with Crippen molar-refractivity contribution in [2.24, 2.45) is 0 Å². The van der Waals surface area contributed by atoms with E-state index in [4.69, 9.17) is 0 Å². The number of amides is 1. The van der Waals surface area contributed by atoms with E-state index in [9.17, 15) is 27.5 Å². The van der Waals surface area contributed by atoms with Gasteiger partial charge >= 0.3 is 6.18 Å². The number of aliphatic hydroxyl groups is 1. The molecule has 1 amide bonds. The van der Waals surface area contributed by atoms with Crippen molar-refractivity contribution in [1.29, 1.82) is 0 Å². The second-order valence-electron chi connectivity index (χ2n) is 5.31. The summed E-state index contributed by atoms with van der Waals surface area (Å²) in [6, 6.07) is 2.07. The number of rotatable bonds is 3. The fourth-order valence-corrected chi connectivity index (χ4v) is 2.44. The summed E-state index contributed by atoms with van der Waals surface area (Å²) in [4.78, 5) is 11.8. The van der Waals surface area contributed by atoms with E-state index in [0.717, 1.165) is 18.9 Å². The van der Waals surface area contributed by atoms with Gasteiger partial charge in [-0.05, 0) is 31.0 Å². The molecular weight excluding hydrogens is 290 g/mol. The average molecular weight is 305 g/mol. The highest BCUT2D eigenvalue weighted by Gasteiger charge is 2.35. The second kappa shape index (κ2) is 5.63. The number of alkyl halides is 3. The van der Waals surface area contributed by atoms with Crippen molar-refractivity contribution in [2.45, 2.75) is 37.5 Å². The molecular formula is C14H15F4NO2. The van der Waals surface area contributed by atoms with Crippen LogP contribution in [0.3, 0.4) is 0 Å². The molecule has 0 saturated heterocycles. The van der Waals surface area contributed by atoms with Gasteiger partial charge in [0.1, 0.15) is 5.82 Å². The van der Waals surface area contributed by atoms with Gasteiger partial charge in [-0.25, -0.2) is 4.39 Å². The lowest BCUT2D eigenvalue weighted by Crippen LogP contribution is -2.40. The van der Waals surface area contributed by atoms with Gasteiger partial charge in [-0.2, -0.15) is 13.2 Å². The van der Waals surface area contributed by atoms with Gasteiger partial charge in [-0.1, -0.05) is 12.8 Å². The zero-order valence-electron chi connectivity index (χ0n) is 11.1. The smallest absolute Gasteiger partial charge is 0.388 e. The van der Waals surface area contributed by atoms with E-state index in [1.165, 1.54) is 0 Å². The molecule has 0 heterocycles. The molecule has 0 atom stereocenters. The SMILES string of the molecule is O=C(NCC1(O)CCCC1)c1ccc(F)c(C(F)(F)F)c1. The Morgan fingerprint density at radius 2 is 1.90 bits per heavy atom. The molecule has 1 aromatic carbocycles. The lowest BCUT2D eigenvalue weighted by Gasteiger charge is -2.22. The van der Waals surface area contributed by atoms with E-state index in [0.29, 0.717) is 25.0 Å². The van der Waals surface area contributed by atoms with Crippen LogP contribution in [-0.2, 0) is 6.18 Å². The van der Waals surface area contributed by atoms with Crippen LogP contribution < -0.4 is 5.32 Å². The van der Waals surface area contributed by atoms with Crippen LogP contribution in [0.2, 0.25) is 0 Å². The van der Waals surface area contributed by atoms with Crippen LogP contribution in [0.4, 0.5) is 17.6 Å². The molecule has 0 bridgehead atoms. The molecule has 1 aliphatic carbocycles. The topological polar surface area (TPSA) is 49.3 Å². The quantitative estimate of drug-likeness (QED) is 0.844. The van der Waals surface area contributed by atoms with Crippen LogP contribution in [0.5, 0.6) is 0 Å². The number of nitrogens with one attached hydrogen (secondary N) is 1. The first kappa shape index (κ1) is 15.8. The minimum absolute atomic E-state index is 0.0233. The minimum atomic E-state index is -4.86. The molecule has 2 N–H and O–H groups in total. The first-order valence-electron chi connectivity index (χ1n) is 6.59. The van der Waals surface area contributed by atoms with Gasteiger partial charge in [0.15, 0.2) is 0 Å². The van der Waals surface area contributed by atoms with Gasteiger partial charge in [-0.15, -0.1) is 0 Å². The first-order chi connectivity index (χ1) is 9.71. The Balaban J connectivity index is 2.09. The lowest BCUT2D eigenvalue weighted by molar-refractivity contribution is -0.140. The Labute approximate surface area is 119 Å². The average Bonchev–Trinajstić information content (AvgIpc) is 2.83. The third-order valence-electron chi connectivity index (χ3n) is 3.65. The number of carbonyl (C=O) groups excluding carboxylic acids is 1. The van der Waals surface area contributed by atoms with Crippen molar-refractivity contribution in [3.63, 3.8) is 0 Å².